The second kappa shape index (κ2) is 13.8. The van der Waals surface area contributed by atoms with Crippen LogP contribution in [0.2, 0.25) is 5.02 Å². The summed E-state index contributed by atoms with van der Waals surface area (Å²) >= 11 is 6.26. The lowest BCUT2D eigenvalue weighted by atomic mass is 10.1. The van der Waals surface area contributed by atoms with Crippen LogP contribution in [0.25, 0.3) is 0 Å². The van der Waals surface area contributed by atoms with Gasteiger partial charge in [0.2, 0.25) is 11.8 Å². The van der Waals surface area contributed by atoms with Gasteiger partial charge < -0.3 is 15.0 Å². The topological polar surface area (TPSA) is 96.0 Å². The summed E-state index contributed by atoms with van der Waals surface area (Å²) in [6.45, 7) is 6.50. The molecule has 1 N–H and O–H groups in total. The third-order valence-corrected chi connectivity index (χ3v) is 8.39. The molecule has 1 unspecified atom stereocenters. The number of hydrogen-bond donors (Lipinski definition) is 1. The average molecular weight is 604 g/mol. The van der Waals surface area contributed by atoms with Crippen LogP contribution in [-0.4, -0.2) is 50.9 Å². The Labute approximate surface area is 246 Å². The van der Waals surface area contributed by atoms with Crippen molar-refractivity contribution in [2.24, 2.45) is 0 Å². The number of halogens is 2. The number of methoxy groups -OCH3 is 1. The number of anilines is 1. The Hall–Kier alpha value is -3.63. The van der Waals surface area contributed by atoms with E-state index in [4.69, 9.17) is 16.3 Å². The Bertz CT molecular complexity index is 1460. The maximum absolute atomic E-state index is 14.1. The first-order chi connectivity index (χ1) is 19.4. The second-order valence-corrected chi connectivity index (χ2v) is 12.2. The minimum absolute atomic E-state index is 0.0346. The monoisotopic (exact) mass is 603 g/mol. The zero-order valence-corrected chi connectivity index (χ0v) is 25.3. The van der Waals surface area contributed by atoms with Crippen LogP contribution in [0.3, 0.4) is 0 Å². The molecule has 0 aromatic heterocycles. The Balaban J connectivity index is 2.13. The molecule has 41 heavy (non-hydrogen) atoms. The predicted molar refractivity (Wildman–Crippen MR) is 158 cm³/mol. The predicted octanol–water partition coefficient (Wildman–Crippen LogP) is 5.32. The van der Waals surface area contributed by atoms with Gasteiger partial charge in [0.25, 0.3) is 10.0 Å². The molecule has 11 heteroatoms. The van der Waals surface area contributed by atoms with E-state index in [9.17, 15) is 22.4 Å². The van der Waals surface area contributed by atoms with E-state index in [2.05, 4.69) is 5.32 Å². The van der Waals surface area contributed by atoms with E-state index < -0.39 is 34.3 Å². The van der Waals surface area contributed by atoms with Gasteiger partial charge in [-0.1, -0.05) is 48.4 Å². The first kappa shape index (κ1) is 31.9. The van der Waals surface area contributed by atoms with Gasteiger partial charge in [0.15, 0.2) is 0 Å². The molecule has 0 spiro atoms. The number of aryl methyl sites for hydroxylation is 1. The molecule has 0 fully saturated rings. The minimum atomic E-state index is -4.30. The summed E-state index contributed by atoms with van der Waals surface area (Å²) in [5.74, 6) is -1.28. The molecule has 3 rings (SSSR count). The molecule has 2 amide bonds. The number of rotatable bonds is 12. The lowest BCUT2D eigenvalue weighted by molar-refractivity contribution is -0.140. The molecule has 0 aliphatic carbocycles. The number of sulfonamides is 1. The van der Waals surface area contributed by atoms with Gasteiger partial charge in [0.05, 0.1) is 17.7 Å². The number of carbonyl (C=O) groups excluding carboxylic acids is 2. The molecule has 0 saturated heterocycles. The van der Waals surface area contributed by atoms with E-state index >= 15 is 0 Å². The van der Waals surface area contributed by atoms with Crippen LogP contribution in [0.5, 0.6) is 5.75 Å². The van der Waals surface area contributed by atoms with Gasteiger partial charge in [-0.2, -0.15) is 0 Å². The number of nitrogens with one attached hydrogen (secondary N) is 1. The number of carbonyl (C=O) groups is 2. The van der Waals surface area contributed by atoms with E-state index in [0.29, 0.717) is 5.56 Å². The standard InChI is InChI=1S/C30H35ClFN3O5S/c1-6-26(30(37)33-20(2)3)34(18-22-9-12-24(32)13-10-22)29(36)19-35(27-17-23(31)11-16-28(27)40-5)41(38,39)25-14-7-21(4)8-15-25/h7-17,20,26H,6,18-19H2,1-5H3,(H,33,37). The summed E-state index contributed by atoms with van der Waals surface area (Å²) in [5, 5.41) is 3.07. The Morgan fingerprint density at radius 1 is 1.02 bits per heavy atom. The van der Waals surface area contributed by atoms with Crippen molar-refractivity contribution >= 4 is 39.1 Å². The fourth-order valence-corrected chi connectivity index (χ4v) is 5.88. The van der Waals surface area contributed by atoms with E-state index in [1.807, 2.05) is 6.92 Å². The van der Waals surface area contributed by atoms with Crippen LogP contribution in [0, 0.1) is 12.7 Å². The van der Waals surface area contributed by atoms with Gasteiger partial charge in [0.1, 0.15) is 24.2 Å². The number of benzene rings is 3. The van der Waals surface area contributed by atoms with Crippen molar-refractivity contribution in [3.63, 3.8) is 0 Å². The summed E-state index contributed by atoms with van der Waals surface area (Å²) in [6, 6.07) is 15.2. The molecule has 8 nitrogen and oxygen atoms in total. The molecule has 0 heterocycles. The molecule has 3 aromatic rings. The van der Waals surface area contributed by atoms with Crippen LogP contribution >= 0.6 is 11.6 Å². The van der Waals surface area contributed by atoms with E-state index in [-0.39, 0.29) is 46.3 Å². The summed E-state index contributed by atoms with van der Waals surface area (Å²) in [6.07, 6.45) is 0.261. The first-order valence-electron chi connectivity index (χ1n) is 13.1. The van der Waals surface area contributed by atoms with Crippen molar-refractivity contribution in [2.75, 3.05) is 18.0 Å². The average Bonchev–Trinajstić information content (AvgIpc) is 2.92. The Morgan fingerprint density at radius 3 is 2.22 bits per heavy atom. The van der Waals surface area contributed by atoms with Gasteiger partial charge >= 0.3 is 0 Å². The Morgan fingerprint density at radius 2 is 1.66 bits per heavy atom. The van der Waals surface area contributed by atoms with Crippen LogP contribution in [0.1, 0.15) is 38.3 Å². The maximum atomic E-state index is 14.1. The fraction of sp³-hybridized carbons (Fsp3) is 0.333. The molecule has 0 saturated carbocycles. The third kappa shape index (κ3) is 7.98. The lowest BCUT2D eigenvalue weighted by Crippen LogP contribution is -2.53. The highest BCUT2D eigenvalue weighted by atomic mass is 35.5. The molecule has 220 valence electrons. The molecular formula is C30H35ClFN3O5S. The SMILES string of the molecule is CCC(C(=O)NC(C)C)N(Cc1ccc(F)cc1)C(=O)CN(c1cc(Cl)ccc1OC)S(=O)(=O)c1ccc(C)cc1. The van der Waals surface area contributed by atoms with Crippen LogP contribution in [0.4, 0.5) is 10.1 Å². The van der Waals surface area contributed by atoms with Crippen molar-refractivity contribution in [3.8, 4) is 5.75 Å². The number of hydrogen-bond acceptors (Lipinski definition) is 5. The molecule has 0 bridgehead atoms. The van der Waals surface area contributed by atoms with Crippen LogP contribution < -0.4 is 14.4 Å². The van der Waals surface area contributed by atoms with Crippen molar-refractivity contribution < 1.29 is 27.1 Å². The van der Waals surface area contributed by atoms with E-state index in [1.54, 1.807) is 39.0 Å². The number of ether oxygens (including phenoxy) is 1. The third-order valence-electron chi connectivity index (χ3n) is 6.38. The fourth-order valence-electron chi connectivity index (χ4n) is 4.30. The Kier molecular flexibility index (Phi) is 10.8. The summed E-state index contributed by atoms with van der Waals surface area (Å²) in [7, 11) is -2.92. The van der Waals surface area contributed by atoms with Crippen molar-refractivity contribution in [3.05, 3.63) is 88.7 Å². The summed E-state index contributed by atoms with van der Waals surface area (Å²) < 4.78 is 48.1. The van der Waals surface area contributed by atoms with E-state index in [0.717, 1.165) is 9.87 Å². The van der Waals surface area contributed by atoms with Crippen molar-refractivity contribution in [1.29, 1.82) is 0 Å². The van der Waals surface area contributed by atoms with Gasteiger partial charge in [-0.15, -0.1) is 0 Å². The summed E-state index contributed by atoms with van der Waals surface area (Å²) in [5.41, 5.74) is 1.50. The van der Waals surface area contributed by atoms with Gasteiger partial charge in [-0.25, -0.2) is 12.8 Å². The highest BCUT2D eigenvalue weighted by Gasteiger charge is 2.35. The normalized spacial score (nSPS) is 12.1. The lowest BCUT2D eigenvalue weighted by Gasteiger charge is -2.34. The van der Waals surface area contributed by atoms with Crippen molar-refractivity contribution in [1.82, 2.24) is 10.2 Å². The number of nitrogens with zero attached hydrogens (tertiary/aromatic N) is 2. The van der Waals surface area contributed by atoms with Gasteiger partial charge in [-0.05, 0) is 75.2 Å². The minimum Gasteiger partial charge on any atom is -0.495 e. The molecule has 0 aliphatic heterocycles. The molecule has 0 radical (unpaired) electrons. The molecule has 3 aromatic carbocycles. The number of amides is 2. The maximum Gasteiger partial charge on any atom is 0.264 e. The zero-order chi connectivity index (χ0) is 30.3. The van der Waals surface area contributed by atoms with Crippen LogP contribution in [0.15, 0.2) is 71.6 Å². The molecule has 1 atom stereocenters. The van der Waals surface area contributed by atoms with Gasteiger partial charge in [0, 0.05) is 17.6 Å². The molecular weight excluding hydrogens is 569 g/mol. The van der Waals surface area contributed by atoms with Crippen LogP contribution in [-0.2, 0) is 26.2 Å². The van der Waals surface area contributed by atoms with E-state index in [1.165, 1.54) is 60.5 Å². The first-order valence-corrected chi connectivity index (χ1v) is 15.0. The molecule has 0 aliphatic rings. The quantitative estimate of drug-likeness (QED) is 0.302. The zero-order valence-electron chi connectivity index (χ0n) is 23.7. The highest BCUT2D eigenvalue weighted by molar-refractivity contribution is 7.92. The van der Waals surface area contributed by atoms with Crippen molar-refractivity contribution in [2.45, 2.75) is 57.6 Å². The largest absolute Gasteiger partial charge is 0.495 e. The van der Waals surface area contributed by atoms with Gasteiger partial charge in [-0.3, -0.25) is 13.9 Å². The summed E-state index contributed by atoms with van der Waals surface area (Å²) in [4.78, 5) is 28.6. The second-order valence-electron chi connectivity index (χ2n) is 9.88. The highest BCUT2D eigenvalue weighted by Crippen LogP contribution is 2.35. The smallest absolute Gasteiger partial charge is 0.264 e.